The van der Waals surface area contributed by atoms with Crippen LogP contribution in [0.25, 0.3) is 0 Å². The number of likely N-dealkylation sites (N-methyl/N-ethyl adjacent to an activating group) is 1. The Balaban J connectivity index is 1.72. The van der Waals surface area contributed by atoms with E-state index < -0.39 is 0 Å². The topological polar surface area (TPSA) is 39.7 Å². The summed E-state index contributed by atoms with van der Waals surface area (Å²) in [7, 11) is 2.26. The first-order valence-corrected chi connectivity index (χ1v) is 8.69. The van der Waals surface area contributed by atoms with Gasteiger partial charge in [0.05, 0.1) is 6.54 Å². The number of nitrogens with one attached hydrogen (secondary N) is 2. The van der Waals surface area contributed by atoms with Crippen molar-refractivity contribution in [1.82, 2.24) is 15.5 Å². The molecule has 4 heteroatoms. The van der Waals surface area contributed by atoms with Crippen LogP contribution in [0.4, 0.5) is 0 Å². The molecule has 120 valence electrons. The molecule has 2 N–H and O–H groups in total. The first kappa shape index (κ1) is 16.3. The minimum Gasteiger partial charge on any atom is -0.357 e. The van der Waals surface area contributed by atoms with Crippen LogP contribution in [0.3, 0.4) is 0 Å². The minimum atomic E-state index is 0.527. The fraction of sp³-hybridized carbons (Fsp3) is 0.824. The molecule has 0 bridgehead atoms. The van der Waals surface area contributed by atoms with E-state index in [0.717, 1.165) is 44.5 Å². The summed E-state index contributed by atoms with van der Waals surface area (Å²) >= 11 is 0. The first-order chi connectivity index (χ1) is 10.3. The maximum atomic E-state index is 4.74. The average Bonchev–Trinajstić information content (AvgIpc) is 3.01. The molecule has 0 aromatic rings. The highest BCUT2D eigenvalue weighted by Gasteiger charge is 2.17. The van der Waals surface area contributed by atoms with Crippen LogP contribution in [0.5, 0.6) is 0 Å². The van der Waals surface area contributed by atoms with Crippen molar-refractivity contribution in [3.05, 3.63) is 12.2 Å². The second-order valence-electron chi connectivity index (χ2n) is 6.32. The van der Waals surface area contributed by atoms with Crippen molar-refractivity contribution in [3.63, 3.8) is 0 Å². The zero-order valence-electron chi connectivity index (χ0n) is 13.8. The average molecular weight is 292 g/mol. The number of hydrogen-bond acceptors (Lipinski definition) is 2. The van der Waals surface area contributed by atoms with Crippen molar-refractivity contribution in [2.24, 2.45) is 4.99 Å². The predicted octanol–water partition coefficient (Wildman–Crippen LogP) is 2.52. The van der Waals surface area contributed by atoms with Crippen molar-refractivity contribution in [3.8, 4) is 0 Å². The van der Waals surface area contributed by atoms with E-state index in [2.05, 4.69) is 41.7 Å². The number of aliphatic imine (C=N–C) groups is 1. The first-order valence-electron chi connectivity index (χ1n) is 8.69. The summed E-state index contributed by atoms with van der Waals surface area (Å²) in [5, 5.41) is 6.88. The van der Waals surface area contributed by atoms with Gasteiger partial charge in [-0.25, -0.2) is 0 Å². The van der Waals surface area contributed by atoms with Gasteiger partial charge in [-0.2, -0.15) is 0 Å². The smallest absolute Gasteiger partial charge is 0.191 e. The highest BCUT2D eigenvalue weighted by molar-refractivity contribution is 5.80. The van der Waals surface area contributed by atoms with E-state index in [1.165, 1.54) is 32.1 Å². The van der Waals surface area contributed by atoms with E-state index in [4.69, 9.17) is 4.99 Å². The minimum absolute atomic E-state index is 0.527. The van der Waals surface area contributed by atoms with Crippen LogP contribution in [-0.4, -0.2) is 49.6 Å². The molecule has 0 amide bonds. The Morgan fingerprint density at radius 1 is 1.19 bits per heavy atom. The fourth-order valence-corrected chi connectivity index (χ4v) is 3.27. The maximum Gasteiger partial charge on any atom is 0.191 e. The van der Waals surface area contributed by atoms with E-state index in [0.29, 0.717) is 6.04 Å². The summed E-state index contributed by atoms with van der Waals surface area (Å²) in [4.78, 5) is 7.24. The molecule has 1 saturated carbocycles. The van der Waals surface area contributed by atoms with Crippen molar-refractivity contribution in [2.75, 3.05) is 26.7 Å². The second kappa shape index (κ2) is 9.08. The lowest BCUT2D eigenvalue weighted by Crippen LogP contribution is -2.43. The number of hydrogen-bond donors (Lipinski definition) is 2. The number of guanidine groups is 1. The van der Waals surface area contributed by atoms with E-state index in [9.17, 15) is 0 Å². The van der Waals surface area contributed by atoms with Gasteiger partial charge in [-0.1, -0.05) is 31.4 Å². The van der Waals surface area contributed by atoms with Crippen LogP contribution in [0.2, 0.25) is 0 Å². The monoisotopic (exact) mass is 292 g/mol. The molecule has 0 radical (unpaired) electrons. The van der Waals surface area contributed by atoms with Crippen LogP contribution in [0.15, 0.2) is 17.1 Å². The van der Waals surface area contributed by atoms with Crippen LogP contribution < -0.4 is 10.6 Å². The summed E-state index contributed by atoms with van der Waals surface area (Å²) in [6, 6.07) is 1.31. The zero-order valence-corrected chi connectivity index (χ0v) is 13.8. The predicted molar refractivity (Wildman–Crippen MR) is 90.8 cm³/mol. The molecule has 0 unspecified atom stereocenters. The lowest BCUT2D eigenvalue weighted by atomic mass is 9.94. The van der Waals surface area contributed by atoms with E-state index in [1.807, 2.05) is 0 Å². The third kappa shape index (κ3) is 5.70. The second-order valence-corrected chi connectivity index (χ2v) is 6.32. The summed E-state index contributed by atoms with van der Waals surface area (Å²) < 4.78 is 0. The molecule has 0 saturated heterocycles. The molecule has 0 aromatic heterocycles. The molecule has 0 heterocycles. The lowest BCUT2D eigenvalue weighted by molar-refractivity contribution is 0.196. The molecule has 0 atom stereocenters. The van der Waals surface area contributed by atoms with Gasteiger partial charge in [0.1, 0.15) is 0 Å². The Kier molecular flexibility index (Phi) is 7.07. The van der Waals surface area contributed by atoms with Gasteiger partial charge >= 0.3 is 0 Å². The zero-order chi connectivity index (χ0) is 14.9. The quantitative estimate of drug-likeness (QED) is 0.449. The van der Waals surface area contributed by atoms with Gasteiger partial charge in [0, 0.05) is 25.2 Å². The SMILES string of the molecule is CCNC(=NCCN(C)C1CCCCC1)NC1CC=CC1. The molecular formula is C17H32N4. The van der Waals surface area contributed by atoms with Gasteiger partial charge in [0.25, 0.3) is 0 Å². The van der Waals surface area contributed by atoms with Gasteiger partial charge in [-0.15, -0.1) is 0 Å². The molecule has 0 spiro atoms. The number of nitrogens with zero attached hydrogens (tertiary/aromatic N) is 2. The summed E-state index contributed by atoms with van der Waals surface area (Å²) in [5.74, 6) is 0.975. The standard InChI is InChI=1S/C17H32N4/c1-3-18-17(20-15-9-7-8-10-15)19-13-14-21(2)16-11-5-4-6-12-16/h7-8,15-16H,3-6,9-14H2,1-2H3,(H2,18,19,20). The summed E-state index contributed by atoms with van der Waals surface area (Å²) in [5.41, 5.74) is 0. The molecule has 0 aliphatic heterocycles. The van der Waals surface area contributed by atoms with Crippen molar-refractivity contribution < 1.29 is 0 Å². The largest absolute Gasteiger partial charge is 0.357 e. The third-order valence-electron chi connectivity index (χ3n) is 4.61. The van der Waals surface area contributed by atoms with Gasteiger partial charge in [-0.3, -0.25) is 4.99 Å². The molecule has 2 rings (SSSR count). The Morgan fingerprint density at radius 3 is 2.57 bits per heavy atom. The summed E-state index contributed by atoms with van der Waals surface area (Å²) in [6.45, 7) is 4.98. The Bertz CT molecular complexity index is 337. The molecular weight excluding hydrogens is 260 g/mol. The number of rotatable bonds is 6. The van der Waals surface area contributed by atoms with Crippen molar-refractivity contribution in [2.45, 2.75) is 64.0 Å². The Morgan fingerprint density at radius 2 is 1.90 bits per heavy atom. The van der Waals surface area contributed by atoms with Crippen molar-refractivity contribution in [1.29, 1.82) is 0 Å². The summed E-state index contributed by atoms with van der Waals surface area (Å²) in [6.07, 6.45) is 13.7. The van der Waals surface area contributed by atoms with Crippen LogP contribution in [0, 0.1) is 0 Å². The molecule has 1 fully saturated rings. The van der Waals surface area contributed by atoms with Gasteiger partial charge in [0.2, 0.25) is 0 Å². The van der Waals surface area contributed by atoms with E-state index in [1.54, 1.807) is 0 Å². The molecule has 4 nitrogen and oxygen atoms in total. The highest BCUT2D eigenvalue weighted by atomic mass is 15.2. The van der Waals surface area contributed by atoms with Crippen LogP contribution in [0.1, 0.15) is 51.9 Å². The maximum absolute atomic E-state index is 4.74. The molecule has 0 aromatic carbocycles. The Labute approximate surface area is 130 Å². The van der Waals surface area contributed by atoms with Gasteiger partial charge in [-0.05, 0) is 39.7 Å². The lowest BCUT2D eigenvalue weighted by Gasteiger charge is -2.30. The third-order valence-corrected chi connectivity index (χ3v) is 4.61. The molecule has 2 aliphatic rings. The molecule has 2 aliphatic carbocycles. The highest BCUT2D eigenvalue weighted by Crippen LogP contribution is 2.21. The van der Waals surface area contributed by atoms with Gasteiger partial charge < -0.3 is 15.5 Å². The fourth-order valence-electron chi connectivity index (χ4n) is 3.27. The normalized spacial score (nSPS) is 21.2. The van der Waals surface area contributed by atoms with Gasteiger partial charge in [0.15, 0.2) is 5.96 Å². The van der Waals surface area contributed by atoms with Crippen molar-refractivity contribution >= 4 is 5.96 Å². The van der Waals surface area contributed by atoms with E-state index in [-0.39, 0.29) is 0 Å². The van der Waals surface area contributed by atoms with E-state index >= 15 is 0 Å². The van der Waals surface area contributed by atoms with Crippen LogP contribution in [-0.2, 0) is 0 Å². The van der Waals surface area contributed by atoms with Crippen LogP contribution >= 0.6 is 0 Å². The molecule has 21 heavy (non-hydrogen) atoms. The Hall–Kier alpha value is -1.03.